The van der Waals surface area contributed by atoms with Crippen molar-refractivity contribution in [1.82, 2.24) is 4.90 Å². The predicted molar refractivity (Wildman–Crippen MR) is 131 cm³/mol. The molecule has 0 saturated carbocycles. The van der Waals surface area contributed by atoms with Gasteiger partial charge in [-0.3, -0.25) is 14.6 Å². The van der Waals surface area contributed by atoms with Crippen LogP contribution in [0.2, 0.25) is 5.02 Å². The fraction of sp³-hybridized carbons (Fsp3) is 0.222. The average molecular weight is 461 g/mol. The first-order chi connectivity index (χ1) is 16.0. The van der Waals surface area contributed by atoms with Gasteiger partial charge in [0.1, 0.15) is 6.61 Å². The number of ether oxygens (including phenoxy) is 1. The number of hydrogen-bond donors (Lipinski definition) is 0. The highest BCUT2D eigenvalue weighted by Crippen LogP contribution is 2.38. The molecule has 5 nitrogen and oxygen atoms in total. The number of carbonyl (C=O) groups is 2. The number of fused-ring (bicyclic) bond motifs is 1. The van der Waals surface area contributed by atoms with Gasteiger partial charge in [0, 0.05) is 29.3 Å². The number of rotatable bonds is 8. The zero-order valence-corrected chi connectivity index (χ0v) is 19.3. The van der Waals surface area contributed by atoms with E-state index in [0.29, 0.717) is 22.7 Å². The lowest BCUT2D eigenvalue weighted by atomic mass is 9.81. The van der Waals surface area contributed by atoms with E-state index in [2.05, 4.69) is 22.0 Å². The summed E-state index contributed by atoms with van der Waals surface area (Å²) >= 11 is 6.03. The summed E-state index contributed by atoms with van der Waals surface area (Å²) < 4.78 is 5.20. The third kappa shape index (κ3) is 5.05. The zero-order chi connectivity index (χ0) is 23.4. The van der Waals surface area contributed by atoms with Gasteiger partial charge >= 0.3 is 0 Å². The monoisotopic (exact) mass is 460 g/mol. The molecule has 0 fully saturated rings. The van der Waals surface area contributed by atoms with Crippen LogP contribution in [0.15, 0.2) is 71.7 Å². The minimum Gasteiger partial charge on any atom is -0.467 e. The summed E-state index contributed by atoms with van der Waals surface area (Å²) in [6.07, 6.45) is 1.69. The first-order valence-electron chi connectivity index (χ1n) is 10.7. The van der Waals surface area contributed by atoms with Crippen LogP contribution in [0.5, 0.6) is 0 Å². The quantitative estimate of drug-likeness (QED) is 0.423. The molecule has 1 aliphatic rings. The first kappa shape index (κ1) is 22.9. The lowest BCUT2D eigenvalue weighted by Gasteiger charge is -2.25. The molecule has 6 heteroatoms. The summed E-state index contributed by atoms with van der Waals surface area (Å²) in [4.78, 5) is 31.4. The van der Waals surface area contributed by atoms with Crippen LogP contribution >= 0.6 is 11.6 Å². The molecule has 0 N–H and O–H groups in total. The maximum Gasteiger partial charge on any atom is 0.293 e. The minimum absolute atomic E-state index is 0.0294. The van der Waals surface area contributed by atoms with Gasteiger partial charge in [-0.1, -0.05) is 60.1 Å². The molecule has 33 heavy (non-hydrogen) atoms. The van der Waals surface area contributed by atoms with Crippen molar-refractivity contribution in [3.63, 3.8) is 0 Å². The Morgan fingerprint density at radius 1 is 1.06 bits per heavy atom. The van der Waals surface area contributed by atoms with Crippen LogP contribution in [-0.4, -0.2) is 44.1 Å². The van der Waals surface area contributed by atoms with Crippen LogP contribution in [-0.2, 0) is 16.1 Å². The van der Waals surface area contributed by atoms with E-state index in [9.17, 15) is 9.59 Å². The van der Waals surface area contributed by atoms with Crippen LogP contribution in [0.25, 0.3) is 0 Å². The van der Waals surface area contributed by atoms with E-state index >= 15 is 0 Å². The smallest absolute Gasteiger partial charge is 0.293 e. The Morgan fingerprint density at radius 2 is 1.79 bits per heavy atom. The Morgan fingerprint density at radius 3 is 2.45 bits per heavy atom. The van der Waals surface area contributed by atoms with Gasteiger partial charge in [0.25, 0.3) is 6.47 Å². The van der Waals surface area contributed by atoms with E-state index < -0.39 is 5.92 Å². The largest absolute Gasteiger partial charge is 0.467 e. The molecule has 1 heterocycles. The van der Waals surface area contributed by atoms with Gasteiger partial charge in [-0.2, -0.15) is 0 Å². The van der Waals surface area contributed by atoms with Gasteiger partial charge < -0.3 is 9.64 Å². The molecule has 3 aromatic rings. The summed E-state index contributed by atoms with van der Waals surface area (Å²) in [5.74, 6) is -0.814. The Balaban J connectivity index is 1.74. The van der Waals surface area contributed by atoms with Crippen molar-refractivity contribution in [2.75, 3.05) is 20.7 Å². The molecule has 0 spiro atoms. The lowest BCUT2D eigenvalue weighted by Crippen LogP contribution is -2.22. The molecular weight excluding hydrogens is 436 g/mol. The van der Waals surface area contributed by atoms with Gasteiger partial charge in [-0.05, 0) is 54.5 Å². The van der Waals surface area contributed by atoms with Gasteiger partial charge in [-0.25, -0.2) is 0 Å². The number of benzene rings is 3. The molecule has 3 aromatic carbocycles. The SMILES string of the molecule is CN(C)Cc1ccc(C(COC=O)c2cccc3c2C(=O)C(c2ccc(Cl)cc2)C=N3)cc1. The minimum atomic E-state index is -0.494. The molecule has 0 amide bonds. The predicted octanol–water partition coefficient (Wildman–Crippen LogP) is 5.39. The number of carbonyl (C=O) groups excluding carboxylic acids is 2. The van der Waals surface area contributed by atoms with E-state index in [1.54, 1.807) is 18.3 Å². The molecule has 4 rings (SSSR count). The topological polar surface area (TPSA) is 59.0 Å². The molecule has 0 saturated heterocycles. The number of halogens is 1. The number of nitrogens with zero attached hydrogens (tertiary/aromatic N) is 2. The van der Waals surface area contributed by atoms with Crippen LogP contribution in [0.3, 0.4) is 0 Å². The normalized spacial score (nSPS) is 15.9. The maximum absolute atomic E-state index is 13.7. The second-order valence-electron chi connectivity index (χ2n) is 8.37. The summed E-state index contributed by atoms with van der Waals surface area (Å²) in [6, 6.07) is 21.1. The van der Waals surface area contributed by atoms with Crippen molar-refractivity contribution in [3.05, 3.63) is 99.6 Å². The number of Topliss-reactive ketones (excluding diaryl/α,β-unsaturated/α-hetero) is 1. The highest BCUT2D eigenvalue weighted by Gasteiger charge is 2.31. The first-order valence-corrected chi connectivity index (χ1v) is 11.1. The number of aliphatic imine (C=N–C) groups is 1. The second kappa shape index (κ2) is 10.1. The Hall–Kier alpha value is -3.28. The van der Waals surface area contributed by atoms with E-state index in [4.69, 9.17) is 16.3 Å². The van der Waals surface area contributed by atoms with Crippen molar-refractivity contribution >= 4 is 35.8 Å². The van der Waals surface area contributed by atoms with Gasteiger partial charge in [-0.15, -0.1) is 0 Å². The molecular formula is C27H25ClN2O3. The lowest BCUT2D eigenvalue weighted by molar-refractivity contribution is -0.128. The number of ketones is 1. The van der Waals surface area contributed by atoms with E-state index in [1.165, 1.54) is 5.56 Å². The van der Waals surface area contributed by atoms with Gasteiger partial charge in [0.2, 0.25) is 0 Å². The molecule has 0 aliphatic carbocycles. The fourth-order valence-corrected chi connectivity index (χ4v) is 4.36. The van der Waals surface area contributed by atoms with Crippen LogP contribution in [0, 0.1) is 0 Å². The molecule has 0 bridgehead atoms. The summed E-state index contributed by atoms with van der Waals surface area (Å²) in [6.45, 7) is 1.40. The van der Waals surface area contributed by atoms with Crippen molar-refractivity contribution in [2.45, 2.75) is 18.4 Å². The van der Waals surface area contributed by atoms with Crippen LogP contribution in [0.1, 0.15) is 44.4 Å². The molecule has 0 aromatic heterocycles. The summed E-state index contributed by atoms with van der Waals surface area (Å²) in [5.41, 5.74) is 4.98. The Kier molecular flexibility index (Phi) is 7.02. The molecule has 2 unspecified atom stereocenters. The Bertz CT molecular complexity index is 1170. The zero-order valence-electron chi connectivity index (χ0n) is 18.6. The highest BCUT2D eigenvalue weighted by molar-refractivity contribution is 6.30. The molecule has 2 atom stereocenters. The third-order valence-corrected chi connectivity index (χ3v) is 6.03. The molecule has 1 aliphatic heterocycles. The third-order valence-electron chi connectivity index (χ3n) is 5.78. The molecule has 0 radical (unpaired) electrons. The number of hydrogen-bond acceptors (Lipinski definition) is 5. The standard InChI is InChI=1S/C27H25ClN2O3/c1-30(2)15-18-6-8-20(9-7-18)24(16-33-17-31)22-4-3-5-25-26(22)27(32)23(14-29-25)19-10-12-21(28)13-11-19/h3-14,17,23-24H,15-16H2,1-2H3. The van der Waals surface area contributed by atoms with Gasteiger partial charge in [0.15, 0.2) is 5.78 Å². The van der Waals surface area contributed by atoms with Gasteiger partial charge in [0.05, 0.1) is 11.6 Å². The van der Waals surface area contributed by atoms with E-state index in [0.717, 1.165) is 23.2 Å². The fourth-order valence-electron chi connectivity index (χ4n) is 4.23. The molecule has 168 valence electrons. The second-order valence-corrected chi connectivity index (χ2v) is 8.81. The van der Waals surface area contributed by atoms with E-state index in [1.807, 2.05) is 56.6 Å². The van der Waals surface area contributed by atoms with Crippen molar-refractivity contribution in [1.29, 1.82) is 0 Å². The van der Waals surface area contributed by atoms with Crippen LogP contribution < -0.4 is 0 Å². The van der Waals surface area contributed by atoms with Crippen molar-refractivity contribution < 1.29 is 14.3 Å². The Labute approximate surface area is 198 Å². The van der Waals surface area contributed by atoms with Crippen molar-refractivity contribution in [3.8, 4) is 0 Å². The highest BCUT2D eigenvalue weighted by atomic mass is 35.5. The maximum atomic E-state index is 13.7. The van der Waals surface area contributed by atoms with Crippen molar-refractivity contribution in [2.24, 2.45) is 4.99 Å². The van der Waals surface area contributed by atoms with E-state index in [-0.39, 0.29) is 18.3 Å². The van der Waals surface area contributed by atoms with Crippen LogP contribution in [0.4, 0.5) is 5.69 Å². The summed E-state index contributed by atoms with van der Waals surface area (Å²) in [5, 5.41) is 0.615. The average Bonchev–Trinajstić information content (AvgIpc) is 2.81. The summed E-state index contributed by atoms with van der Waals surface area (Å²) in [7, 11) is 4.04.